The van der Waals surface area contributed by atoms with Crippen molar-refractivity contribution in [3.63, 3.8) is 0 Å². The first-order valence-electron chi connectivity index (χ1n) is 11.0. The Morgan fingerprint density at radius 2 is 2.03 bits per heavy atom. The van der Waals surface area contributed by atoms with Crippen LogP contribution in [0.4, 0.5) is 4.39 Å². The van der Waals surface area contributed by atoms with Crippen LogP contribution < -0.4 is 10.1 Å². The standard InChI is InChI=1S/C23H21ClFN5O3/c1-2-32-9-12-8-27-22(24)30-20(12)33-21-16(25)14-11(7-26-21)3-4-13-15-18(29-17(13)14)23(5-6-23)10-28-19(15)31/h7-8,29H,2-6,9-10H2,1H3,(H,28,31). The molecule has 8 nitrogen and oxygen atoms in total. The Balaban J connectivity index is 1.44. The molecule has 0 atom stereocenters. The fourth-order valence-corrected chi connectivity index (χ4v) is 4.94. The lowest BCUT2D eigenvalue weighted by Gasteiger charge is -2.23. The Hall–Kier alpha value is -3.04. The van der Waals surface area contributed by atoms with Gasteiger partial charge in [-0.1, -0.05) is 0 Å². The average molecular weight is 470 g/mol. The van der Waals surface area contributed by atoms with E-state index >= 15 is 4.39 Å². The molecular formula is C23H21ClFN5O3. The fraction of sp³-hybridized carbons (Fsp3) is 0.391. The minimum atomic E-state index is -0.602. The zero-order chi connectivity index (χ0) is 22.7. The summed E-state index contributed by atoms with van der Waals surface area (Å²) in [7, 11) is 0. The maximum atomic E-state index is 15.9. The van der Waals surface area contributed by atoms with Gasteiger partial charge in [0.15, 0.2) is 5.82 Å². The van der Waals surface area contributed by atoms with Gasteiger partial charge < -0.3 is 19.8 Å². The van der Waals surface area contributed by atoms with Gasteiger partial charge in [-0.25, -0.2) is 14.4 Å². The summed E-state index contributed by atoms with van der Waals surface area (Å²) in [4.78, 5) is 28.4. The van der Waals surface area contributed by atoms with Gasteiger partial charge in [0.05, 0.1) is 23.4 Å². The van der Waals surface area contributed by atoms with E-state index < -0.39 is 5.82 Å². The molecule has 0 unspecified atom stereocenters. The van der Waals surface area contributed by atoms with Crippen LogP contribution in [0.15, 0.2) is 12.4 Å². The van der Waals surface area contributed by atoms with E-state index in [0.29, 0.717) is 48.4 Å². The highest BCUT2D eigenvalue weighted by atomic mass is 35.5. The predicted molar refractivity (Wildman–Crippen MR) is 117 cm³/mol. The third kappa shape index (κ3) is 3.21. The molecule has 1 saturated carbocycles. The lowest BCUT2D eigenvalue weighted by molar-refractivity contribution is 0.0936. The molecule has 0 bridgehead atoms. The van der Waals surface area contributed by atoms with Crippen molar-refractivity contribution in [1.82, 2.24) is 25.3 Å². The number of carbonyl (C=O) groups excluding carboxylic acids is 1. The van der Waals surface area contributed by atoms with Gasteiger partial charge in [0.25, 0.3) is 11.8 Å². The van der Waals surface area contributed by atoms with Crippen LogP contribution in [-0.2, 0) is 29.6 Å². The molecule has 170 valence electrons. The van der Waals surface area contributed by atoms with Gasteiger partial charge in [-0.3, -0.25) is 4.79 Å². The molecule has 1 spiro atoms. The van der Waals surface area contributed by atoms with Crippen molar-refractivity contribution in [2.75, 3.05) is 13.2 Å². The van der Waals surface area contributed by atoms with Crippen LogP contribution in [0.3, 0.4) is 0 Å². The molecule has 10 heteroatoms. The first-order chi connectivity index (χ1) is 16.0. The van der Waals surface area contributed by atoms with E-state index in [1.807, 2.05) is 6.92 Å². The van der Waals surface area contributed by atoms with E-state index in [0.717, 1.165) is 29.7 Å². The number of carbonyl (C=O) groups is 1. The maximum Gasteiger partial charge on any atom is 0.258 e. The molecular weight excluding hydrogens is 449 g/mol. The number of halogens is 2. The summed E-state index contributed by atoms with van der Waals surface area (Å²) in [6.45, 7) is 3.17. The highest BCUT2D eigenvalue weighted by Crippen LogP contribution is 2.53. The van der Waals surface area contributed by atoms with Crippen molar-refractivity contribution in [3.8, 4) is 23.0 Å². The van der Waals surface area contributed by atoms with Gasteiger partial charge in [-0.2, -0.15) is 4.98 Å². The summed E-state index contributed by atoms with van der Waals surface area (Å²) in [6.07, 6.45) is 6.37. The molecule has 6 rings (SSSR count). The summed E-state index contributed by atoms with van der Waals surface area (Å²) in [6, 6.07) is 0. The lowest BCUT2D eigenvalue weighted by Crippen LogP contribution is -2.39. The number of hydrogen-bond acceptors (Lipinski definition) is 6. The van der Waals surface area contributed by atoms with Gasteiger partial charge in [0, 0.05) is 42.2 Å². The summed E-state index contributed by atoms with van der Waals surface area (Å²) >= 11 is 5.94. The van der Waals surface area contributed by atoms with E-state index in [9.17, 15) is 4.79 Å². The number of aromatic amines is 1. The Labute approximate surface area is 193 Å². The summed E-state index contributed by atoms with van der Waals surface area (Å²) < 4.78 is 27.1. The third-order valence-corrected chi connectivity index (χ3v) is 6.89. The monoisotopic (exact) mass is 469 g/mol. The first kappa shape index (κ1) is 20.6. The van der Waals surface area contributed by atoms with Crippen molar-refractivity contribution in [2.45, 2.75) is 44.6 Å². The van der Waals surface area contributed by atoms with Crippen molar-refractivity contribution >= 4 is 17.5 Å². The molecule has 4 heterocycles. The van der Waals surface area contributed by atoms with E-state index in [1.165, 1.54) is 6.20 Å². The number of nitrogens with zero attached hydrogens (tertiary/aromatic N) is 3. The number of hydrogen-bond donors (Lipinski definition) is 2. The molecule has 0 radical (unpaired) electrons. The highest BCUT2D eigenvalue weighted by Gasteiger charge is 2.52. The number of fused-ring (bicyclic) bond motifs is 6. The number of aromatic nitrogens is 4. The van der Waals surface area contributed by atoms with Crippen LogP contribution in [0.2, 0.25) is 5.28 Å². The molecule has 3 aliphatic rings. The van der Waals surface area contributed by atoms with Crippen molar-refractivity contribution in [3.05, 3.63) is 51.4 Å². The number of rotatable bonds is 5. The SMILES string of the molecule is CCOCc1cnc(Cl)nc1Oc1ncc2c(c1F)-c1[nH]c3c(c1CC2)C(=O)NCC31CC1. The van der Waals surface area contributed by atoms with Gasteiger partial charge in [0.1, 0.15) is 0 Å². The molecule has 2 aliphatic carbocycles. The average Bonchev–Trinajstić information content (AvgIpc) is 3.48. The number of aryl methyl sites for hydroxylation is 1. The number of nitrogens with one attached hydrogen (secondary N) is 2. The molecule has 3 aromatic heterocycles. The molecule has 0 saturated heterocycles. The summed E-state index contributed by atoms with van der Waals surface area (Å²) in [5.74, 6) is -0.819. The second-order valence-electron chi connectivity index (χ2n) is 8.68. The first-order valence-corrected chi connectivity index (χ1v) is 11.4. The minimum absolute atomic E-state index is 0.0244. The zero-order valence-electron chi connectivity index (χ0n) is 17.9. The van der Waals surface area contributed by atoms with Gasteiger partial charge in [0.2, 0.25) is 11.2 Å². The van der Waals surface area contributed by atoms with Crippen LogP contribution >= 0.6 is 11.6 Å². The minimum Gasteiger partial charge on any atom is -0.417 e. The maximum absolute atomic E-state index is 15.9. The normalized spacial score (nSPS) is 17.2. The van der Waals surface area contributed by atoms with Gasteiger partial charge >= 0.3 is 0 Å². The number of amides is 1. The second kappa shape index (κ2) is 7.50. The fourth-order valence-electron chi connectivity index (χ4n) is 4.81. The topological polar surface area (TPSA) is 102 Å². The number of H-pyrrole nitrogens is 1. The Bertz CT molecular complexity index is 1300. The lowest BCUT2D eigenvalue weighted by atomic mass is 9.86. The Morgan fingerprint density at radius 1 is 1.18 bits per heavy atom. The largest absolute Gasteiger partial charge is 0.417 e. The van der Waals surface area contributed by atoms with Gasteiger partial charge in [-0.05, 0) is 55.3 Å². The van der Waals surface area contributed by atoms with Crippen molar-refractivity contribution < 1.29 is 18.7 Å². The molecule has 3 aromatic rings. The van der Waals surface area contributed by atoms with Crippen molar-refractivity contribution in [2.24, 2.45) is 0 Å². The zero-order valence-corrected chi connectivity index (χ0v) is 18.7. The van der Waals surface area contributed by atoms with E-state index in [-0.39, 0.29) is 35.0 Å². The highest BCUT2D eigenvalue weighted by molar-refractivity contribution is 6.28. The number of ether oxygens (including phenoxy) is 2. The molecule has 2 N–H and O–H groups in total. The quantitative estimate of drug-likeness (QED) is 0.550. The van der Waals surface area contributed by atoms with E-state index in [2.05, 4.69) is 25.3 Å². The van der Waals surface area contributed by atoms with Crippen LogP contribution in [0.25, 0.3) is 11.3 Å². The molecule has 0 aromatic carbocycles. The van der Waals surface area contributed by atoms with Crippen LogP contribution in [0, 0.1) is 5.82 Å². The van der Waals surface area contributed by atoms with E-state index in [1.54, 1.807) is 6.20 Å². The summed E-state index contributed by atoms with van der Waals surface area (Å²) in [5.41, 5.74) is 4.77. The molecule has 1 amide bonds. The van der Waals surface area contributed by atoms with Crippen LogP contribution in [0.1, 0.15) is 52.5 Å². The number of pyridine rings is 1. The Morgan fingerprint density at radius 3 is 2.82 bits per heavy atom. The third-order valence-electron chi connectivity index (χ3n) is 6.71. The van der Waals surface area contributed by atoms with Crippen molar-refractivity contribution in [1.29, 1.82) is 0 Å². The molecule has 1 aliphatic heterocycles. The molecule has 33 heavy (non-hydrogen) atoms. The molecule has 1 fully saturated rings. The second-order valence-corrected chi connectivity index (χ2v) is 9.02. The van der Waals surface area contributed by atoms with E-state index in [4.69, 9.17) is 21.1 Å². The van der Waals surface area contributed by atoms with Gasteiger partial charge in [-0.15, -0.1) is 0 Å². The smallest absolute Gasteiger partial charge is 0.258 e. The summed E-state index contributed by atoms with van der Waals surface area (Å²) in [5, 5.41) is 2.99. The van der Waals surface area contributed by atoms with Crippen LogP contribution in [0.5, 0.6) is 11.8 Å². The Kier molecular flexibility index (Phi) is 4.67. The predicted octanol–water partition coefficient (Wildman–Crippen LogP) is 3.86. The van der Waals surface area contributed by atoms with Crippen LogP contribution in [-0.4, -0.2) is 39.0 Å².